The molecule has 15 heavy (non-hydrogen) atoms. The standard InChI is InChI=1S/C6H7ClN2.C3N2O/c7-5-2-1-3-6(4-5)9-8;4-1-3(6)2-5/h1-4,9H,8H2;. The highest BCUT2D eigenvalue weighted by molar-refractivity contribution is 6.30. The number of nitriles is 2. The van der Waals surface area contributed by atoms with Crippen LogP contribution in [-0.4, -0.2) is 5.78 Å². The second kappa shape index (κ2) is 7.34. The Balaban J connectivity index is 0.000000288. The van der Waals surface area contributed by atoms with E-state index in [0.717, 1.165) is 17.8 Å². The van der Waals surface area contributed by atoms with Gasteiger partial charge in [0.15, 0.2) is 12.1 Å². The van der Waals surface area contributed by atoms with E-state index in [1.807, 2.05) is 12.1 Å². The molecule has 0 saturated heterocycles. The molecule has 0 aliphatic rings. The van der Waals surface area contributed by atoms with Crippen molar-refractivity contribution in [3.8, 4) is 12.1 Å². The molecule has 1 aromatic carbocycles. The quantitative estimate of drug-likeness (QED) is 0.423. The summed E-state index contributed by atoms with van der Waals surface area (Å²) in [5, 5.41) is 15.7. The van der Waals surface area contributed by atoms with Crippen LogP contribution in [0.2, 0.25) is 5.02 Å². The molecule has 0 atom stereocenters. The third-order valence-electron chi connectivity index (χ3n) is 1.19. The number of nitrogens with one attached hydrogen (secondary N) is 1. The topological polar surface area (TPSA) is 103 Å². The summed E-state index contributed by atoms with van der Waals surface area (Å²) in [6, 6.07) is 9.44. The number of anilines is 1. The molecule has 0 unspecified atom stereocenters. The number of hydrogen-bond acceptors (Lipinski definition) is 5. The van der Waals surface area contributed by atoms with Crippen molar-refractivity contribution in [2.45, 2.75) is 0 Å². The highest BCUT2D eigenvalue weighted by Crippen LogP contribution is 2.12. The maximum absolute atomic E-state index is 9.46. The molecule has 0 saturated carbocycles. The summed E-state index contributed by atoms with van der Waals surface area (Å²) in [6.07, 6.45) is 0. The van der Waals surface area contributed by atoms with Crippen LogP contribution in [0.3, 0.4) is 0 Å². The minimum atomic E-state index is -1.05. The molecule has 1 aromatic rings. The van der Waals surface area contributed by atoms with E-state index in [1.165, 1.54) is 0 Å². The van der Waals surface area contributed by atoms with Crippen LogP contribution in [0.15, 0.2) is 24.3 Å². The summed E-state index contributed by atoms with van der Waals surface area (Å²) in [7, 11) is 0. The van der Waals surface area contributed by atoms with E-state index >= 15 is 0 Å². The summed E-state index contributed by atoms with van der Waals surface area (Å²) in [4.78, 5) is 9.46. The number of ketones is 1. The minimum Gasteiger partial charge on any atom is -0.324 e. The molecule has 0 bridgehead atoms. The molecule has 0 aromatic heterocycles. The van der Waals surface area contributed by atoms with Crippen LogP contribution < -0.4 is 11.3 Å². The number of nitrogens with zero attached hydrogens (tertiary/aromatic N) is 2. The van der Waals surface area contributed by atoms with Gasteiger partial charge in [0.05, 0.1) is 0 Å². The van der Waals surface area contributed by atoms with E-state index in [9.17, 15) is 4.79 Å². The Labute approximate surface area is 91.6 Å². The largest absolute Gasteiger partial charge is 0.331 e. The van der Waals surface area contributed by atoms with Gasteiger partial charge < -0.3 is 5.43 Å². The van der Waals surface area contributed by atoms with Crippen molar-refractivity contribution in [3.05, 3.63) is 29.3 Å². The fraction of sp³-hybridized carbons (Fsp3) is 0. The van der Waals surface area contributed by atoms with E-state index in [0.29, 0.717) is 5.02 Å². The lowest BCUT2D eigenvalue weighted by Crippen LogP contribution is -2.05. The maximum atomic E-state index is 9.46. The third kappa shape index (κ3) is 6.05. The predicted molar refractivity (Wildman–Crippen MR) is 55.5 cm³/mol. The Morgan fingerprint density at radius 1 is 1.40 bits per heavy atom. The van der Waals surface area contributed by atoms with Crippen LogP contribution in [0.4, 0.5) is 5.69 Å². The molecule has 0 aliphatic carbocycles. The normalized spacial score (nSPS) is 7.47. The van der Waals surface area contributed by atoms with Gasteiger partial charge in [0.2, 0.25) is 0 Å². The number of carbonyl (C=O) groups excluding carboxylic acids is 1. The highest BCUT2D eigenvalue weighted by atomic mass is 35.5. The van der Waals surface area contributed by atoms with Crippen molar-refractivity contribution < 1.29 is 4.79 Å². The van der Waals surface area contributed by atoms with Gasteiger partial charge in [-0.15, -0.1) is 0 Å². The minimum absolute atomic E-state index is 0.686. The van der Waals surface area contributed by atoms with Gasteiger partial charge in [0.1, 0.15) is 0 Å². The maximum Gasteiger partial charge on any atom is 0.331 e. The first-order valence-electron chi connectivity index (χ1n) is 3.70. The van der Waals surface area contributed by atoms with Crippen LogP contribution in [0.5, 0.6) is 0 Å². The number of Topliss-reactive ketones (excluding diaryl/α,β-unsaturated/α-hetero) is 1. The zero-order valence-electron chi connectivity index (χ0n) is 7.57. The van der Waals surface area contributed by atoms with E-state index in [-0.39, 0.29) is 0 Å². The van der Waals surface area contributed by atoms with Crippen LogP contribution in [0, 0.1) is 22.7 Å². The number of hydrazine groups is 1. The van der Waals surface area contributed by atoms with Crippen LogP contribution in [0.25, 0.3) is 0 Å². The SMILES string of the molecule is N#CC(=O)C#N.NNc1cccc(Cl)c1. The van der Waals surface area contributed by atoms with Gasteiger partial charge in [0.25, 0.3) is 0 Å². The second-order valence-corrected chi connectivity index (χ2v) is 2.64. The van der Waals surface area contributed by atoms with Crippen molar-refractivity contribution in [3.63, 3.8) is 0 Å². The highest BCUT2D eigenvalue weighted by Gasteiger charge is 1.87. The molecule has 0 heterocycles. The van der Waals surface area contributed by atoms with Gasteiger partial charge in [0, 0.05) is 10.7 Å². The average molecular weight is 223 g/mol. The lowest BCUT2D eigenvalue weighted by atomic mass is 10.3. The summed E-state index contributed by atoms with van der Waals surface area (Å²) < 4.78 is 0. The lowest BCUT2D eigenvalue weighted by molar-refractivity contribution is -0.109. The molecular formula is C9H7ClN4O. The fourth-order valence-corrected chi connectivity index (χ4v) is 0.794. The number of benzene rings is 1. The van der Waals surface area contributed by atoms with Gasteiger partial charge in [-0.25, -0.2) is 0 Å². The molecular weight excluding hydrogens is 216 g/mol. The summed E-state index contributed by atoms with van der Waals surface area (Å²) in [6.45, 7) is 0. The first-order chi connectivity index (χ1) is 7.13. The average Bonchev–Trinajstić information content (AvgIpc) is 2.28. The van der Waals surface area contributed by atoms with Gasteiger partial charge in [-0.1, -0.05) is 17.7 Å². The van der Waals surface area contributed by atoms with Crippen molar-refractivity contribution >= 4 is 23.1 Å². The van der Waals surface area contributed by atoms with Crippen molar-refractivity contribution in [2.75, 3.05) is 5.43 Å². The Kier molecular flexibility index (Phi) is 6.32. The summed E-state index contributed by atoms with van der Waals surface area (Å²) in [5.41, 5.74) is 3.31. The number of nitrogens with two attached hydrogens (primary N) is 1. The molecule has 0 radical (unpaired) electrons. The monoisotopic (exact) mass is 222 g/mol. The molecule has 0 aliphatic heterocycles. The molecule has 76 valence electrons. The molecule has 5 nitrogen and oxygen atoms in total. The van der Waals surface area contributed by atoms with Gasteiger partial charge in [-0.05, 0) is 18.2 Å². The van der Waals surface area contributed by atoms with Crippen molar-refractivity contribution in [1.29, 1.82) is 10.5 Å². The number of rotatable bonds is 1. The van der Waals surface area contributed by atoms with Gasteiger partial charge in [-0.3, -0.25) is 10.6 Å². The summed E-state index contributed by atoms with van der Waals surface area (Å²) >= 11 is 5.63. The zero-order valence-corrected chi connectivity index (χ0v) is 8.32. The first-order valence-corrected chi connectivity index (χ1v) is 4.08. The number of nitrogen functional groups attached to an aromatic ring is 1. The Hall–Kier alpha value is -2.08. The Morgan fingerprint density at radius 2 is 2.00 bits per heavy atom. The van der Waals surface area contributed by atoms with Crippen LogP contribution >= 0.6 is 11.6 Å². The van der Waals surface area contributed by atoms with Crippen LogP contribution in [0.1, 0.15) is 0 Å². The molecule has 6 heteroatoms. The molecule has 0 amide bonds. The molecule has 1 rings (SSSR count). The summed E-state index contributed by atoms with van der Waals surface area (Å²) in [5.74, 6) is 4.06. The van der Waals surface area contributed by atoms with Crippen molar-refractivity contribution in [2.24, 2.45) is 5.84 Å². The molecule has 0 fully saturated rings. The number of carbonyl (C=O) groups is 1. The number of hydrogen-bond donors (Lipinski definition) is 2. The predicted octanol–water partition coefficient (Wildman–Crippen LogP) is 1.23. The third-order valence-corrected chi connectivity index (χ3v) is 1.43. The molecule has 0 spiro atoms. The lowest BCUT2D eigenvalue weighted by Gasteiger charge is -1.96. The van der Waals surface area contributed by atoms with Gasteiger partial charge in [-0.2, -0.15) is 10.5 Å². The fourth-order valence-electron chi connectivity index (χ4n) is 0.603. The van der Waals surface area contributed by atoms with Gasteiger partial charge >= 0.3 is 5.78 Å². The number of halogens is 1. The van der Waals surface area contributed by atoms with E-state index in [2.05, 4.69) is 5.43 Å². The van der Waals surface area contributed by atoms with E-state index < -0.39 is 5.78 Å². The Morgan fingerprint density at radius 3 is 2.27 bits per heavy atom. The first kappa shape index (κ1) is 12.9. The van der Waals surface area contributed by atoms with E-state index in [4.69, 9.17) is 28.0 Å². The van der Waals surface area contributed by atoms with Crippen LogP contribution in [-0.2, 0) is 4.79 Å². The zero-order chi connectivity index (χ0) is 11.7. The molecule has 3 N–H and O–H groups in total. The van der Waals surface area contributed by atoms with Crippen molar-refractivity contribution in [1.82, 2.24) is 0 Å². The smallest absolute Gasteiger partial charge is 0.324 e. The second-order valence-electron chi connectivity index (χ2n) is 2.21. The Bertz CT molecular complexity index is 403. The van der Waals surface area contributed by atoms with E-state index in [1.54, 1.807) is 12.1 Å².